The highest BCUT2D eigenvalue weighted by atomic mass is 15.1. The maximum Gasteiger partial charge on any atom is 0.0951 e. The maximum atomic E-state index is 5.61. The molecule has 2 N–H and O–H groups in total. The van der Waals surface area contributed by atoms with E-state index in [2.05, 4.69) is 30.3 Å². The van der Waals surface area contributed by atoms with E-state index in [9.17, 15) is 0 Å². The third-order valence-electron chi connectivity index (χ3n) is 2.86. The van der Waals surface area contributed by atoms with Crippen LogP contribution in [0.2, 0.25) is 0 Å². The van der Waals surface area contributed by atoms with Gasteiger partial charge in [0.1, 0.15) is 0 Å². The van der Waals surface area contributed by atoms with Gasteiger partial charge in [0.2, 0.25) is 0 Å². The molecule has 0 spiro atoms. The summed E-state index contributed by atoms with van der Waals surface area (Å²) in [6.07, 6.45) is 4.90. The SMILES string of the molecule is CCC(C)C(C)n1cncc1CN. The first-order valence-electron chi connectivity index (χ1n) is 4.91. The first kappa shape index (κ1) is 10.3. The van der Waals surface area contributed by atoms with E-state index >= 15 is 0 Å². The molecule has 1 aromatic rings. The molecule has 0 bridgehead atoms. The lowest BCUT2D eigenvalue weighted by Crippen LogP contribution is -2.16. The van der Waals surface area contributed by atoms with Crippen LogP contribution in [-0.2, 0) is 6.54 Å². The first-order valence-corrected chi connectivity index (χ1v) is 4.91. The highest BCUT2D eigenvalue weighted by molar-refractivity contribution is 4.99. The van der Waals surface area contributed by atoms with Crippen molar-refractivity contribution in [3.05, 3.63) is 18.2 Å². The number of aromatic nitrogens is 2. The summed E-state index contributed by atoms with van der Waals surface area (Å²) < 4.78 is 2.17. The third-order valence-corrected chi connectivity index (χ3v) is 2.86. The van der Waals surface area contributed by atoms with Crippen molar-refractivity contribution in [1.82, 2.24) is 9.55 Å². The van der Waals surface area contributed by atoms with Crippen molar-refractivity contribution in [3.63, 3.8) is 0 Å². The standard InChI is InChI=1S/C10H19N3/c1-4-8(2)9(3)13-7-12-6-10(13)5-11/h6-9H,4-5,11H2,1-3H3. The normalized spacial score (nSPS) is 15.7. The zero-order valence-electron chi connectivity index (χ0n) is 8.70. The van der Waals surface area contributed by atoms with Gasteiger partial charge in [-0.1, -0.05) is 20.3 Å². The van der Waals surface area contributed by atoms with Crippen LogP contribution in [0.25, 0.3) is 0 Å². The van der Waals surface area contributed by atoms with Gasteiger partial charge >= 0.3 is 0 Å². The quantitative estimate of drug-likeness (QED) is 0.771. The molecule has 3 nitrogen and oxygen atoms in total. The van der Waals surface area contributed by atoms with Gasteiger partial charge in [-0.05, 0) is 12.8 Å². The Hall–Kier alpha value is -0.830. The molecular weight excluding hydrogens is 162 g/mol. The van der Waals surface area contributed by atoms with E-state index in [1.807, 2.05) is 12.5 Å². The Balaban J connectivity index is 2.81. The largest absolute Gasteiger partial charge is 0.330 e. The van der Waals surface area contributed by atoms with Crippen molar-refractivity contribution in [2.75, 3.05) is 0 Å². The Bertz CT molecular complexity index is 254. The van der Waals surface area contributed by atoms with Crippen LogP contribution >= 0.6 is 0 Å². The van der Waals surface area contributed by atoms with E-state index in [4.69, 9.17) is 5.73 Å². The Morgan fingerprint density at radius 3 is 2.77 bits per heavy atom. The smallest absolute Gasteiger partial charge is 0.0951 e. The molecule has 13 heavy (non-hydrogen) atoms. The molecular formula is C10H19N3. The van der Waals surface area contributed by atoms with Crippen molar-refractivity contribution in [2.24, 2.45) is 11.7 Å². The first-order chi connectivity index (χ1) is 6.20. The predicted octanol–water partition coefficient (Wildman–Crippen LogP) is 1.95. The molecule has 0 saturated heterocycles. The molecule has 74 valence electrons. The molecule has 3 heteroatoms. The van der Waals surface area contributed by atoms with Gasteiger partial charge in [0.05, 0.1) is 12.0 Å². The van der Waals surface area contributed by atoms with Crippen molar-refractivity contribution < 1.29 is 0 Å². The van der Waals surface area contributed by atoms with Crippen LogP contribution in [0, 0.1) is 5.92 Å². The van der Waals surface area contributed by atoms with Gasteiger partial charge in [0.15, 0.2) is 0 Å². The molecule has 2 atom stereocenters. The summed E-state index contributed by atoms with van der Waals surface area (Å²) in [5.74, 6) is 0.666. The maximum absolute atomic E-state index is 5.61. The van der Waals surface area contributed by atoms with Crippen LogP contribution in [-0.4, -0.2) is 9.55 Å². The minimum atomic E-state index is 0.492. The van der Waals surface area contributed by atoms with E-state index in [1.165, 1.54) is 6.42 Å². The summed E-state index contributed by atoms with van der Waals surface area (Å²) in [7, 11) is 0. The second kappa shape index (κ2) is 4.42. The minimum absolute atomic E-state index is 0.492. The number of nitrogens with zero attached hydrogens (tertiary/aromatic N) is 2. The van der Waals surface area contributed by atoms with Crippen LogP contribution in [0.15, 0.2) is 12.5 Å². The average molecular weight is 181 g/mol. The second-order valence-electron chi connectivity index (χ2n) is 3.62. The van der Waals surface area contributed by atoms with Gasteiger partial charge in [-0.3, -0.25) is 0 Å². The molecule has 1 rings (SSSR count). The van der Waals surface area contributed by atoms with E-state index in [0.717, 1.165) is 5.69 Å². The van der Waals surface area contributed by atoms with Crippen LogP contribution < -0.4 is 5.73 Å². The molecule has 0 radical (unpaired) electrons. The lowest BCUT2D eigenvalue weighted by atomic mass is 10.0. The molecule has 0 aliphatic heterocycles. The zero-order valence-corrected chi connectivity index (χ0v) is 8.70. The van der Waals surface area contributed by atoms with Crippen LogP contribution in [0.4, 0.5) is 0 Å². The summed E-state index contributed by atoms with van der Waals surface area (Å²) in [6.45, 7) is 7.25. The number of hydrogen-bond donors (Lipinski definition) is 1. The Morgan fingerprint density at radius 2 is 2.23 bits per heavy atom. The molecule has 0 aliphatic rings. The summed E-state index contributed by atoms with van der Waals surface area (Å²) in [5.41, 5.74) is 6.73. The Labute approximate surface area is 80.0 Å². The second-order valence-corrected chi connectivity index (χ2v) is 3.62. The lowest BCUT2D eigenvalue weighted by molar-refractivity contribution is 0.362. The fourth-order valence-corrected chi connectivity index (χ4v) is 1.47. The summed E-state index contributed by atoms with van der Waals surface area (Å²) >= 11 is 0. The molecule has 0 aromatic carbocycles. The number of rotatable bonds is 4. The van der Waals surface area contributed by atoms with Crippen molar-refractivity contribution in [3.8, 4) is 0 Å². The number of nitrogens with two attached hydrogens (primary N) is 1. The molecule has 1 heterocycles. The average Bonchev–Trinajstić information content (AvgIpc) is 2.62. The van der Waals surface area contributed by atoms with Crippen molar-refractivity contribution >= 4 is 0 Å². The zero-order chi connectivity index (χ0) is 9.84. The van der Waals surface area contributed by atoms with E-state index in [1.54, 1.807) is 0 Å². The highest BCUT2D eigenvalue weighted by Gasteiger charge is 2.13. The van der Waals surface area contributed by atoms with E-state index < -0.39 is 0 Å². The van der Waals surface area contributed by atoms with Crippen LogP contribution in [0.3, 0.4) is 0 Å². The van der Waals surface area contributed by atoms with E-state index in [-0.39, 0.29) is 0 Å². The lowest BCUT2D eigenvalue weighted by Gasteiger charge is -2.21. The summed E-state index contributed by atoms with van der Waals surface area (Å²) in [4.78, 5) is 4.11. The van der Waals surface area contributed by atoms with Gasteiger partial charge in [-0.15, -0.1) is 0 Å². The molecule has 2 unspecified atom stereocenters. The predicted molar refractivity (Wildman–Crippen MR) is 54.3 cm³/mol. The van der Waals surface area contributed by atoms with Crippen LogP contribution in [0.5, 0.6) is 0 Å². The number of hydrogen-bond acceptors (Lipinski definition) is 2. The fraction of sp³-hybridized carbons (Fsp3) is 0.700. The molecule has 0 amide bonds. The van der Waals surface area contributed by atoms with Crippen molar-refractivity contribution in [2.45, 2.75) is 39.8 Å². The van der Waals surface area contributed by atoms with Gasteiger partial charge in [0, 0.05) is 18.8 Å². The van der Waals surface area contributed by atoms with Gasteiger partial charge in [-0.2, -0.15) is 0 Å². The highest BCUT2D eigenvalue weighted by Crippen LogP contribution is 2.21. The monoisotopic (exact) mass is 181 g/mol. The van der Waals surface area contributed by atoms with Gasteiger partial charge in [0.25, 0.3) is 0 Å². The number of imidazole rings is 1. The fourth-order valence-electron chi connectivity index (χ4n) is 1.47. The molecule has 0 aliphatic carbocycles. The van der Waals surface area contributed by atoms with Gasteiger partial charge in [-0.25, -0.2) is 4.98 Å². The molecule has 0 fully saturated rings. The third kappa shape index (κ3) is 2.10. The summed E-state index contributed by atoms with van der Waals surface area (Å²) in [5, 5.41) is 0. The summed E-state index contributed by atoms with van der Waals surface area (Å²) in [6, 6.07) is 0.492. The minimum Gasteiger partial charge on any atom is -0.330 e. The molecule has 0 saturated carbocycles. The topological polar surface area (TPSA) is 43.8 Å². The molecule has 1 aromatic heterocycles. The van der Waals surface area contributed by atoms with Crippen LogP contribution in [0.1, 0.15) is 38.9 Å². The Kier molecular flexibility index (Phi) is 3.48. The van der Waals surface area contributed by atoms with E-state index in [0.29, 0.717) is 18.5 Å². The van der Waals surface area contributed by atoms with Gasteiger partial charge < -0.3 is 10.3 Å². The Morgan fingerprint density at radius 1 is 1.54 bits per heavy atom. The van der Waals surface area contributed by atoms with Crippen molar-refractivity contribution in [1.29, 1.82) is 0 Å².